The molecule has 1 rings (SSSR count). The highest BCUT2D eigenvalue weighted by Crippen LogP contribution is 2.25. The molecule has 0 spiro atoms. The number of benzene rings is 1. The van der Waals surface area contributed by atoms with E-state index in [1.165, 1.54) is 0 Å². The van der Waals surface area contributed by atoms with Gasteiger partial charge in [0, 0.05) is 6.54 Å². The van der Waals surface area contributed by atoms with Crippen molar-refractivity contribution in [2.24, 2.45) is 5.41 Å². The van der Waals surface area contributed by atoms with Crippen LogP contribution in [0, 0.1) is 16.7 Å². The second-order valence-electron chi connectivity index (χ2n) is 4.44. The van der Waals surface area contributed by atoms with E-state index in [0.717, 1.165) is 11.3 Å². The Hall–Kier alpha value is -2.02. The van der Waals surface area contributed by atoms with Gasteiger partial charge in [-0.15, -0.1) is 0 Å². The second-order valence-corrected chi connectivity index (χ2v) is 4.44. The standard InChI is InChI=1S/C15H20N2O2/c1-4-15(5-2,11-16)14(18)17-10-12-7-6-8-13(9-12)19-3/h6-9H,4-5,10H2,1-3H3,(H,17,18). The van der Waals surface area contributed by atoms with Crippen LogP contribution in [0.3, 0.4) is 0 Å². The summed E-state index contributed by atoms with van der Waals surface area (Å²) in [5.41, 5.74) is 0.0329. The van der Waals surface area contributed by atoms with E-state index in [-0.39, 0.29) is 5.91 Å². The van der Waals surface area contributed by atoms with Crippen LogP contribution in [0.5, 0.6) is 5.75 Å². The van der Waals surface area contributed by atoms with Crippen LogP contribution in [0.2, 0.25) is 0 Å². The van der Waals surface area contributed by atoms with Crippen LogP contribution >= 0.6 is 0 Å². The summed E-state index contributed by atoms with van der Waals surface area (Å²) in [5, 5.41) is 12.0. The number of hydrogen-bond donors (Lipinski definition) is 1. The van der Waals surface area contributed by atoms with Crippen LogP contribution in [0.1, 0.15) is 32.3 Å². The highest BCUT2D eigenvalue weighted by Gasteiger charge is 2.34. The van der Waals surface area contributed by atoms with Crippen LogP contribution in [0.15, 0.2) is 24.3 Å². The van der Waals surface area contributed by atoms with Crippen molar-refractivity contribution in [2.75, 3.05) is 7.11 Å². The molecule has 4 nitrogen and oxygen atoms in total. The summed E-state index contributed by atoms with van der Waals surface area (Å²) >= 11 is 0. The van der Waals surface area contributed by atoms with Gasteiger partial charge in [-0.25, -0.2) is 0 Å². The minimum Gasteiger partial charge on any atom is -0.497 e. The molecule has 0 unspecified atom stereocenters. The molecule has 0 atom stereocenters. The summed E-state index contributed by atoms with van der Waals surface area (Å²) in [4.78, 5) is 12.1. The van der Waals surface area contributed by atoms with Gasteiger partial charge in [-0.05, 0) is 30.5 Å². The number of amides is 1. The molecule has 0 heterocycles. The lowest BCUT2D eigenvalue weighted by Crippen LogP contribution is -2.39. The Labute approximate surface area is 114 Å². The molecule has 0 aliphatic heterocycles. The number of ether oxygens (including phenoxy) is 1. The molecule has 0 saturated heterocycles. The van der Waals surface area contributed by atoms with Gasteiger partial charge < -0.3 is 10.1 Å². The molecule has 0 aromatic heterocycles. The molecule has 0 aliphatic rings. The van der Waals surface area contributed by atoms with E-state index in [9.17, 15) is 10.1 Å². The summed E-state index contributed by atoms with van der Waals surface area (Å²) in [6.07, 6.45) is 1.04. The molecule has 1 aromatic rings. The molecule has 1 aromatic carbocycles. The van der Waals surface area contributed by atoms with Gasteiger partial charge in [-0.1, -0.05) is 26.0 Å². The minimum atomic E-state index is -0.918. The third kappa shape index (κ3) is 3.47. The largest absolute Gasteiger partial charge is 0.497 e. The molecule has 0 aliphatic carbocycles. The monoisotopic (exact) mass is 260 g/mol. The van der Waals surface area contributed by atoms with Crippen LogP contribution in [-0.4, -0.2) is 13.0 Å². The summed E-state index contributed by atoms with van der Waals surface area (Å²) < 4.78 is 5.13. The fraction of sp³-hybridized carbons (Fsp3) is 0.467. The van der Waals surface area contributed by atoms with E-state index < -0.39 is 5.41 Å². The Balaban J connectivity index is 2.71. The van der Waals surface area contributed by atoms with Crippen LogP contribution in [0.4, 0.5) is 0 Å². The summed E-state index contributed by atoms with van der Waals surface area (Å²) in [6.45, 7) is 4.12. The molecule has 19 heavy (non-hydrogen) atoms. The average Bonchev–Trinajstić information content (AvgIpc) is 2.47. The number of nitrogens with one attached hydrogen (secondary N) is 1. The molecule has 1 amide bonds. The number of nitriles is 1. The lowest BCUT2D eigenvalue weighted by Gasteiger charge is -2.22. The van der Waals surface area contributed by atoms with Gasteiger partial charge in [-0.2, -0.15) is 5.26 Å². The van der Waals surface area contributed by atoms with Crippen molar-refractivity contribution in [3.05, 3.63) is 29.8 Å². The Morgan fingerprint density at radius 1 is 1.42 bits per heavy atom. The SMILES string of the molecule is CCC(C#N)(CC)C(=O)NCc1cccc(OC)c1. The Bertz CT molecular complexity index is 473. The molecule has 0 fully saturated rings. The Morgan fingerprint density at radius 2 is 2.11 bits per heavy atom. The maximum atomic E-state index is 12.1. The second kappa shape index (κ2) is 6.79. The molecule has 4 heteroatoms. The third-order valence-corrected chi connectivity index (χ3v) is 3.44. The van der Waals surface area contributed by atoms with Gasteiger partial charge >= 0.3 is 0 Å². The van der Waals surface area contributed by atoms with Crippen molar-refractivity contribution < 1.29 is 9.53 Å². The predicted octanol–water partition coefficient (Wildman–Crippen LogP) is 2.64. The first-order valence-electron chi connectivity index (χ1n) is 6.44. The molecular formula is C15H20N2O2. The first-order valence-corrected chi connectivity index (χ1v) is 6.44. The number of hydrogen-bond acceptors (Lipinski definition) is 3. The maximum absolute atomic E-state index is 12.1. The van der Waals surface area contributed by atoms with Crippen LogP contribution in [-0.2, 0) is 11.3 Å². The van der Waals surface area contributed by atoms with Crippen molar-refractivity contribution in [1.82, 2.24) is 5.32 Å². The summed E-state index contributed by atoms with van der Waals surface area (Å²) in [7, 11) is 1.60. The average molecular weight is 260 g/mol. The zero-order chi connectivity index (χ0) is 14.3. The van der Waals surface area contributed by atoms with Gasteiger partial charge in [0.2, 0.25) is 5.91 Å². The highest BCUT2D eigenvalue weighted by atomic mass is 16.5. The molecule has 0 saturated carbocycles. The summed E-state index contributed by atoms with van der Waals surface area (Å²) in [5.74, 6) is 0.548. The maximum Gasteiger partial charge on any atom is 0.240 e. The van der Waals surface area contributed by atoms with Gasteiger partial charge in [0.05, 0.1) is 13.2 Å². The fourth-order valence-electron chi connectivity index (χ4n) is 1.91. The number of nitrogens with zero attached hydrogens (tertiary/aromatic N) is 1. The van der Waals surface area contributed by atoms with E-state index >= 15 is 0 Å². The van der Waals surface area contributed by atoms with E-state index in [4.69, 9.17) is 4.74 Å². The zero-order valence-corrected chi connectivity index (χ0v) is 11.7. The van der Waals surface area contributed by atoms with E-state index in [0.29, 0.717) is 19.4 Å². The molecule has 1 N–H and O–H groups in total. The van der Waals surface area contributed by atoms with Gasteiger partial charge in [0.25, 0.3) is 0 Å². The van der Waals surface area contributed by atoms with Gasteiger partial charge in [-0.3, -0.25) is 4.79 Å². The number of carbonyl (C=O) groups excluding carboxylic acids is 1. The first kappa shape index (κ1) is 15.0. The van der Waals surface area contributed by atoms with Crippen LogP contribution < -0.4 is 10.1 Å². The first-order chi connectivity index (χ1) is 9.11. The van der Waals surface area contributed by atoms with E-state index in [1.54, 1.807) is 7.11 Å². The molecule has 102 valence electrons. The lowest BCUT2D eigenvalue weighted by atomic mass is 9.83. The lowest BCUT2D eigenvalue weighted by molar-refractivity contribution is -0.128. The quantitative estimate of drug-likeness (QED) is 0.855. The van der Waals surface area contributed by atoms with Crippen molar-refractivity contribution in [2.45, 2.75) is 33.2 Å². The van der Waals surface area contributed by atoms with Crippen molar-refractivity contribution >= 4 is 5.91 Å². The van der Waals surface area contributed by atoms with Gasteiger partial charge in [0.1, 0.15) is 11.2 Å². The van der Waals surface area contributed by atoms with E-state index in [2.05, 4.69) is 11.4 Å². The fourth-order valence-corrected chi connectivity index (χ4v) is 1.91. The number of methoxy groups -OCH3 is 1. The Kier molecular flexibility index (Phi) is 5.37. The Morgan fingerprint density at radius 3 is 2.63 bits per heavy atom. The number of carbonyl (C=O) groups is 1. The topological polar surface area (TPSA) is 62.1 Å². The highest BCUT2D eigenvalue weighted by molar-refractivity contribution is 5.85. The summed E-state index contributed by atoms with van der Waals surface area (Å²) in [6, 6.07) is 9.64. The predicted molar refractivity (Wildman–Crippen MR) is 73.5 cm³/mol. The van der Waals surface area contributed by atoms with Gasteiger partial charge in [0.15, 0.2) is 0 Å². The number of rotatable bonds is 6. The normalized spacial score (nSPS) is 10.6. The van der Waals surface area contributed by atoms with Crippen LogP contribution in [0.25, 0.3) is 0 Å². The third-order valence-electron chi connectivity index (χ3n) is 3.44. The van der Waals surface area contributed by atoms with Crippen molar-refractivity contribution in [3.8, 4) is 11.8 Å². The smallest absolute Gasteiger partial charge is 0.240 e. The molecule has 0 radical (unpaired) electrons. The zero-order valence-electron chi connectivity index (χ0n) is 11.7. The van der Waals surface area contributed by atoms with Crippen molar-refractivity contribution in [3.63, 3.8) is 0 Å². The molecule has 0 bridgehead atoms. The van der Waals surface area contributed by atoms with Crippen molar-refractivity contribution in [1.29, 1.82) is 5.26 Å². The van der Waals surface area contributed by atoms with E-state index in [1.807, 2.05) is 38.1 Å². The minimum absolute atomic E-state index is 0.206. The molecular weight excluding hydrogens is 240 g/mol.